The van der Waals surface area contributed by atoms with Crippen LogP contribution >= 0.6 is 0 Å². The third kappa shape index (κ3) is 5.55. The molecule has 8 heteroatoms. The van der Waals surface area contributed by atoms with Crippen molar-refractivity contribution in [1.29, 1.82) is 0 Å². The van der Waals surface area contributed by atoms with Crippen LogP contribution < -0.4 is 0 Å². The summed E-state index contributed by atoms with van der Waals surface area (Å²) in [4.78, 5) is 23.9. The topological polar surface area (TPSA) is 52.6 Å². The highest BCUT2D eigenvalue weighted by molar-refractivity contribution is 5.93. The molecule has 0 saturated heterocycles. The lowest BCUT2D eigenvalue weighted by Gasteiger charge is -2.14. The highest BCUT2D eigenvalue weighted by Gasteiger charge is 2.34. The predicted molar refractivity (Wildman–Crippen MR) is 92.1 cm³/mol. The van der Waals surface area contributed by atoms with Crippen molar-refractivity contribution in [2.75, 3.05) is 6.61 Å². The second-order valence-electron chi connectivity index (χ2n) is 6.41. The van der Waals surface area contributed by atoms with E-state index in [9.17, 15) is 27.2 Å². The number of carbonyl (C=O) groups excluding carboxylic acids is 2. The van der Waals surface area contributed by atoms with E-state index in [1.165, 1.54) is 24.3 Å². The summed E-state index contributed by atoms with van der Waals surface area (Å²) in [6.45, 7) is 3.13. The van der Waals surface area contributed by atoms with Crippen molar-refractivity contribution in [3.63, 3.8) is 0 Å². The van der Waals surface area contributed by atoms with Crippen molar-refractivity contribution < 1.29 is 36.6 Å². The average Bonchev–Trinajstić information content (AvgIpc) is 2.64. The first-order chi connectivity index (χ1) is 13.1. The Morgan fingerprint density at radius 3 is 1.96 bits per heavy atom. The first-order valence-corrected chi connectivity index (χ1v) is 8.38. The molecule has 0 aromatic heterocycles. The highest BCUT2D eigenvalue weighted by atomic mass is 19.4. The Bertz CT molecular complexity index is 842. The molecule has 0 heterocycles. The fourth-order valence-electron chi connectivity index (χ4n) is 2.26. The van der Waals surface area contributed by atoms with Gasteiger partial charge in [-0.05, 0) is 42.3 Å². The molecule has 0 aliphatic rings. The molecule has 0 radical (unpaired) electrons. The predicted octanol–water partition coefficient (Wildman–Crippen LogP) is 5.01. The molecule has 0 spiro atoms. The Balaban J connectivity index is 2.06. The molecule has 0 N–H and O–H groups in total. The molecular formula is C20H18F4O4. The van der Waals surface area contributed by atoms with Gasteiger partial charge in [0.1, 0.15) is 12.4 Å². The maximum absolute atomic E-state index is 13.8. The van der Waals surface area contributed by atoms with Crippen molar-refractivity contribution in [3.8, 4) is 0 Å². The van der Waals surface area contributed by atoms with E-state index < -0.39 is 41.7 Å². The zero-order valence-electron chi connectivity index (χ0n) is 15.2. The van der Waals surface area contributed by atoms with Gasteiger partial charge in [-0.1, -0.05) is 19.9 Å². The molecule has 2 aromatic rings. The van der Waals surface area contributed by atoms with Crippen molar-refractivity contribution >= 4 is 11.9 Å². The van der Waals surface area contributed by atoms with Gasteiger partial charge in [0, 0.05) is 5.56 Å². The second kappa shape index (κ2) is 8.86. The van der Waals surface area contributed by atoms with Crippen molar-refractivity contribution in [2.24, 2.45) is 5.92 Å². The maximum Gasteiger partial charge on any atom is 0.416 e. The number of carbonyl (C=O) groups is 2. The van der Waals surface area contributed by atoms with Gasteiger partial charge in [-0.15, -0.1) is 0 Å². The smallest absolute Gasteiger partial charge is 0.416 e. The van der Waals surface area contributed by atoms with Gasteiger partial charge in [-0.2, -0.15) is 13.2 Å². The van der Waals surface area contributed by atoms with Crippen LogP contribution in [0.25, 0.3) is 0 Å². The summed E-state index contributed by atoms with van der Waals surface area (Å²) in [5, 5.41) is 0. The van der Waals surface area contributed by atoms with Gasteiger partial charge >= 0.3 is 18.1 Å². The third-order valence-electron chi connectivity index (χ3n) is 3.68. The van der Waals surface area contributed by atoms with E-state index in [1.807, 2.05) is 13.8 Å². The van der Waals surface area contributed by atoms with E-state index in [-0.39, 0.29) is 23.7 Å². The van der Waals surface area contributed by atoms with Crippen LogP contribution in [0.2, 0.25) is 0 Å². The van der Waals surface area contributed by atoms with Crippen molar-refractivity contribution in [1.82, 2.24) is 0 Å². The average molecular weight is 398 g/mol. The number of esters is 2. The molecule has 0 atom stereocenters. The molecule has 0 bridgehead atoms. The number of ether oxygens (including phenoxy) is 2. The number of rotatable bonds is 6. The van der Waals surface area contributed by atoms with Crippen LogP contribution in [0, 0.1) is 11.7 Å². The van der Waals surface area contributed by atoms with Gasteiger partial charge in [-0.25, -0.2) is 14.0 Å². The van der Waals surface area contributed by atoms with Gasteiger partial charge < -0.3 is 9.47 Å². The maximum atomic E-state index is 13.8. The van der Waals surface area contributed by atoms with Gasteiger partial charge in [-0.3, -0.25) is 0 Å². The summed E-state index contributed by atoms with van der Waals surface area (Å²) in [5.74, 6) is -2.46. The highest BCUT2D eigenvalue weighted by Crippen LogP contribution is 2.33. The van der Waals surface area contributed by atoms with Crippen LogP contribution in [-0.4, -0.2) is 18.5 Å². The Morgan fingerprint density at radius 2 is 1.46 bits per heavy atom. The Hall–Kier alpha value is -2.90. The molecule has 0 saturated carbocycles. The normalized spacial score (nSPS) is 11.4. The summed E-state index contributed by atoms with van der Waals surface area (Å²) >= 11 is 0. The summed E-state index contributed by atoms with van der Waals surface area (Å²) in [6.07, 6.45) is -4.78. The number of hydrogen-bond donors (Lipinski definition) is 0. The van der Waals surface area contributed by atoms with E-state index in [0.29, 0.717) is 6.07 Å². The van der Waals surface area contributed by atoms with E-state index in [2.05, 4.69) is 0 Å². The Labute approximate surface area is 159 Å². The van der Waals surface area contributed by atoms with Crippen LogP contribution in [-0.2, 0) is 22.3 Å². The first-order valence-electron chi connectivity index (χ1n) is 8.38. The molecule has 0 aliphatic heterocycles. The lowest BCUT2D eigenvalue weighted by atomic mass is 10.1. The van der Waals surface area contributed by atoms with E-state index in [0.717, 1.165) is 12.1 Å². The fourth-order valence-corrected chi connectivity index (χ4v) is 2.26. The monoisotopic (exact) mass is 398 g/mol. The summed E-state index contributed by atoms with van der Waals surface area (Å²) < 4.78 is 62.5. The van der Waals surface area contributed by atoms with Gasteiger partial charge in [0.05, 0.1) is 23.3 Å². The molecule has 4 nitrogen and oxygen atoms in total. The third-order valence-corrected chi connectivity index (χ3v) is 3.68. The number of hydrogen-bond acceptors (Lipinski definition) is 4. The molecule has 28 heavy (non-hydrogen) atoms. The molecule has 0 amide bonds. The number of benzene rings is 2. The molecular weight excluding hydrogens is 380 g/mol. The minimum atomic E-state index is -4.78. The van der Waals surface area contributed by atoms with Crippen molar-refractivity contribution in [3.05, 3.63) is 70.5 Å². The molecule has 0 fully saturated rings. The Morgan fingerprint density at radius 1 is 0.929 bits per heavy atom. The lowest BCUT2D eigenvalue weighted by molar-refractivity contribution is -0.139. The molecule has 150 valence electrons. The van der Waals surface area contributed by atoms with Crippen LogP contribution in [0.15, 0.2) is 42.5 Å². The van der Waals surface area contributed by atoms with Gasteiger partial charge in [0.2, 0.25) is 0 Å². The largest absolute Gasteiger partial charge is 0.462 e. The van der Waals surface area contributed by atoms with Crippen LogP contribution in [0.4, 0.5) is 17.6 Å². The number of alkyl halides is 3. The standard InChI is InChI=1S/C20H18F4O4/c1-12(2)10-27-18(25)13-6-8-14(9-7-13)19(26)28-11-15-16(20(22,23)24)4-3-5-17(15)21/h3-9,12H,10-11H2,1-2H3. The van der Waals surface area contributed by atoms with Crippen LogP contribution in [0.5, 0.6) is 0 Å². The second-order valence-corrected chi connectivity index (χ2v) is 6.41. The zero-order chi connectivity index (χ0) is 20.9. The Kier molecular flexibility index (Phi) is 6.77. The van der Waals surface area contributed by atoms with Gasteiger partial charge in [0.25, 0.3) is 0 Å². The van der Waals surface area contributed by atoms with E-state index >= 15 is 0 Å². The molecule has 2 aromatic carbocycles. The minimum Gasteiger partial charge on any atom is -0.462 e. The van der Waals surface area contributed by atoms with E-state index in [1.54, 1.807) is 0 Å². The van der Waals surface area contributed by atoms with E-state index in [4.69, 9.17) is 9.47 Å². The molecule has 0 unspecified atom stereocenters. The molecule has 0 aliphatic carbocycles. The SMILES string of the molecule is CC(C)COC(=O)c1ccc(C(=O)OCc2c(F)cccc2C(F)(F)F)cc1. The number of halogens is 4. The summed E-state index contributed by atoms with van der Waals surface area (Å²) in [6, 6.07) is 7.73. The summed E-state index contributed by atoms with van der Waals surface area (Å²) in [5.41, 5.74) is -1.74. The van der Waals surface area contributed by atoms with Crippen LogP contribution in [0.1, 0.15) is 45.7 Å². The molecule has 2 rings (SSSR count). The minimum absolute atomic E-state index is 0.00491. The zero-order valence-corrected chi connectivity index (χ0v) is 15.2. The van der Waals surface area contributed by atoms with Crippen LogP contribution in [0.3, 0.4) is 0 Å². The summed E-state index contributed by atoms with van der Waals surface area (Å²) in [7, 11) is 0. The fraction of sp³-hybridized carbons (Fsp3) is 0.300. The lowest BCUT2D eigenvalue weighted by Crippen LogP contribution is -2.14. The van der Waals surface area contributed by atoms with Crippen molar-refractivity contribution in [2.45, 2.75) is 26.6 Å². The van der Waals surface area contributed by atoms with Gasteiger partial charge in [0.15, 0.2) is 0 Å². The quantitative estimate of drug-likeness (QED) is 0.507. The first kappa shape index (κ1) is 21.4.